The summed E-state index contributed by atoms with van der Waals surface area (Å²) in [6.07, 6.45) is 2.28. The molecule has 1 aromatic carbocycles. The standard InChI is InChI=1S/C12H15ClN2.C4H4O4/c1-8-4-9-5-10-7-14-2-3-15(10)12(9)6-11(8)13;5-3(6)1-2-4(7)8/h4,6,10,14H,2-3,5,7H2,1H3;1-2H,(H,5,6)(H,7,8). The Kier molecular flexibility index (Phi) is 5.63. The Labute approximate surface area is 139 Å². The van der Waals surface area contributed by atoms with Gasteiger partial charge in [-0.2, -0.15) is 0 Å². The molecule has 0 spiro atoms. The molecule has 124 valence electrons. The van der Waals surface area contributed by atoms with Gasteiger partial charge in [0.05, 0.1) is 0 Å². The Morgan fingerprint density at radius 2 is 1.96 bits per heavy atom. The van der Waals surface area contributed by atoms with Gasteiger partial charge in [-0.15, -0.1) is 0 Å². The average molecular weight is 339 g/mol. The number of nitrogens with one attached hydrogen (secondary N) is 1. The van der Waals surface area contributed by atoms with E-state index in [1.165, 1.54) is 23.2 Å². The smallest absolute Gasteiger partial charge is 0.328 e. The molecule has 1 saturated heterocycles. The molecule has 3 N–H and O–H groups in total. The zero-order valence-corrected chi connectivity index (χ0v) is 13.5. The third kappa shape index (κ3) is 4.46. The van der Waals surface area contributed by atoms with Crippen molar-refractivity contribution in [2.24, 2.45) is 0 Å². The number of fused-ring (bicyclic) bond motifs is 3. The number of hydrogen-bond donors (Lipinski definition) is 3. The number of rotatable bonds is 2. The molecular weight excluding hydrogens is 320 g/mol. The largest absolute Gasteiger partial charge is 0.478 e. The molecule has 3 rings (SSSR count). The number of carboxylic acid groups (broad SMARTS) is 2. The summed E-state index contributed by atoms with van der Waals surface area (Å²) in [5.41, 5.74) is 4.02. The maximum Gasteiger partial charge on any atom is 0.328 e. The Morgan fingerprint density at radius 1 is 1.30 bits per heavy atom. The fourth-order valence-electron chi connectivity index (χ4n) is 2.82. The van der Waals surface area contributed by atoms with Gasteiger partial charge in [0.1, 0.15) is 0 Å². The lowest BCUT2D eigenvalue weighted by Crippen LogP contribution is -2.49. The molecule has 2 aliphatic rings. The van der Waals surface area contributed by atoms with Crippen molar-refractivity contribution in [2.45, 2.75) is 19.4 Å². The van der Waals surface area contributed by atoms with Crippen molar-refractivity contribution in [3.8, 4) is 0 Å². The molecule has 0 aliphatic carbocycles. The van der Waals surface area contributed by atoms with E-state index in [9.17, 15) is 9.59 Å². The van der Waals surface area contributed by atoms with E-state index in [1.54, 1.807) is 0 Å². The lowest BCUT2D eigenvalue weighted by Gasteiger charge is -2.32. The molecular formula is C16H19ClN2O4. The highest BCUT2D eigenvalue weighted by atomic mass is 35.5. The van der Waals surface area contributed by atoms with Gasteiger partial charge < -0.3 is 20.4 Å². The monoisotopic (exact) mass is 338 g/mol. The van der Waals surface area contributed by atoms with Crippen LogP contribution in [-0.4, -0.2) is 47.8 Å². The zero-order valence-electron chi connectivity index (χ0n) is 12.8. The Balaban J connectivity index is 0.000000207. The fraction of sp³-hybridized carbons (Fsp3) is 0.375. The SMILES string of the molecule is Cc1cc2c(cc1Cl)N1CCNCC1C2.O=C(O)C=CC(=O)O. The quantitative estimate of drug-likeness (QED) is 0.711. The molecule has 0 radical (unpaired) electrons. The topological polar surface area (TPSA) is 89.9 Å². The van der Waals surface area contributed by atoms with Crippen LogP contribution in [0.4, 0.5) is 5.69 Å². The minimum Gasteiger partial charge on any atom is -0.478 e. The number of aryl methyl sites for hydroxylation is 1. The van der Waals surface area contributed by atoms with Crippen LogP contribution in [0.1, 0.15) is 11.1 Å². The van der Waals surface area contributed by atoms with Crippen LogP contribution >= 0.6 is 11.6 Å². The minimum absolute atomic E-state index is 0.558. The lowest BCUT2D eigenvalue weighted by atomic mass is 10.1. The number of aliphatic carboxylic acids is 2. The number of nitrogens with zero attached hydrogens (tertiary/aromatic N) is 1. The number of carboxylic acids is 2. The van der Waals surface area contributed by atoms with E-state index in [4.69, 9.17) is 21.8 Å². The molecule has 7 heteroatoms. The van der Waals surface area contributed by atoms with Crippen LogP contribution in [0, 0.1) is 6.92 Å². The van der Waals surface area contributed by atoms with Crippen molar-refractivity contribution in [2.75, 3.05) is 24.5 Å². The van der Waals surface area contributed by atoms with Gasteiger partial charge in [-0.3, -0.25) is 0 Å². The highest BCUT2D eigenvalue weighted by Crippen LogP contribution is 2.36. The van der Waals surface area contributed by atoms with E-state index < -0.39 is 11.9 Å². The lowest BCUT2D eigenvalue weighted by molar-refractivity contribution is -0.134. The van der Waals surface area contributed by atoms with Crippen LogP contribution < -0.4 is 10.2 Å². The van der Waals surface area contributed by atoms with Gasteiger partial charge in [-0.05, 0) is 30.5 Å². The van der Waals surface area contributed by atoms with Crippen molar-refractivity contribution in [3.63, 3.8) is 0 Å². The maximum absolute atomic E-state index is 9.55. The second-order valence-corrected chi connectivity index (χ2v) is 5.90. The van der Waals surface area contributed by atoms with Gasteiger partial charge in [0.2, 0.25) is 0 Å². The van der Waals surface area contributed by atoms with Gasteiger partial charge in [0.25, 0.3) is 0 Å². The second-order valence-electron chi connectivity index (χ2n) is 5.50. The van der Waals surface area contributed by atoms with Crippen LogP contribution in [-0.2, 0) is 16.0 Å². The molecule has 0 aromatic heterocycles. The Hall–Kier alpha value is -2.05. The number of anilines is 1. The van der Waals surface area contributed by atoms with E-state index in [0.717, 1.165) is 24.7 Å². The summed E-state index contributed by atoms with van der Waals surface area (Å²) in [4.78, 5) is 21.6. The van der Waals surface area contributed by atoms with E-state index in [2.05, 4.69) is 29.3 Å². The van der Waals surface area contributed by atoms with Crippen LogP contribution in [0.3, 0.4) is 0 Å². The number of hydrogen-bond acceptors (Lipinski definition) is 4. The van der Waals surface area contributed by atoms with Gasteiger partial charge >= 0.3 is 11.9 Å². The Morgan fingerprint density at radius 3 is 2.57 bits per heavy atom. The van der Waals surface area contributed by atoms with Crippen molar-refractivity contribution < 1.29 is 19.8 Å². The molecule has 23 heavy (non-hydrogen) atoms. The number of halogens is 1. The summed E-state index contributed by atoms with van der Waals surface area (Å²) in [5.74, 6) is -2.51. The summed E-state index contributed by atoms with van der Waals surface area (Å²) in [6, 6.07) is 5.03. The summed E-state index contributed by atoms with van der Waals surface area (Å²) in [6.45, 7) is 5.38. The molecule has 1 aromatic rings. The summed E-state index contributed by atoms with van der Waals surface area (Å²) < 4.78 is 0. The molecule has 1 atom stereocenters. The first-order valence-electron chi connectivity index (χ1n) is 7.29. The van der Waals surface area contributed by atoms with Crippen molar-refractivity contribution in [1.29, 1.82) is 0 Å². The van der Waals surface area contributed by atoms with Crippen molar-refractivity contribution in [1.82, 2.24) is 5.32 Å². The first-order chi connectivity index (χ1) is 10.9. The predicted molar refractivity (Wildman–Crippen MR) is 88.3 cm³/mol. The fourth-order valence-corrected chi connectivity index (χ4v) is 2.98. The summed E-state index contributed by atoms with van der Waals surface area (Å²) in [7, 11) is 0. The summed E-state index contributed by atoms with van der Waals surface area (Å²) >= 11 is 6.18. The molecule has 1 unspecified atom stereocenters. The predicted octanol–water partition coefficient (Wildman–Crippen LogP) is 1.69. The summed E-state index contributed by atoms with van der Waals surface area (Å²) in [5, 5.41) is 20.0. The second kappa shape index (κ2) is 7.48. The van der Waals surface area contributed by atoms with E-state index in [1.807, 2.05) is 0 Å². The van der Waals surface area contributed by atoms with Crippen LogP contribution in [0.15, 0.2) is 24.3 Å². The van der Waals surface area contributed by atoms with Crippen LogP contribution in [0.25, 0.3) is 0 Å². The van der Waals surface area contributed by atoms with Gasteiger partial charge in [0.15, 0.2) is 0 Å². The molecule has 0 bridgehead atoms. The molecule has 6 nitrogen and oxygen atoms in total. The molecule has 0 amide bonds. The normalized spacial score (nSPS) is 18.9. The first-order valence-corrected chi connectivity index (χ1v) is 7.66. The highest BCUT2D eigenvalue weighted by molar-refractivity contribution is 6.31. The molecule has 0 saturated carbocycles. The van der Waals surface area contributed by atoms with Crippen molar-refractivity contribution in [3.05, 3.63) is 40.4 Å². The molecule has 2 heterocycles. The number of piperazine rings is 1. The molecule has 2 aliphatic heterocycles. The highest BCUT2D eigenvalue weighted by Gasteiger charge is 2.31. The third-order valence-corrected chi connectivity index (χ3v) is 4.25. The van der Waals surface area contributed by atoms with Gasteiger partial charge in [0, 0.05) is 48.5 Å². The maximum atomic E-state index is 9.55. The van der Waals surface area contributed by atoms with Gasteiger partial charge in [-0.1, -0.05) is 17.7 Å². The number of carbonyl (C=O) groups is 2. The third-order valence-electron chi connectivity index (χ3n) is 3.84. The minimum atomic E-state index is -1.26. The average Bonchev–Trinajstić information content (AvgIpc) is 2.84. The van der Waals surface area contributed by atoms with Crippen molar-refractivity contribution >= 4 is 29.2 Å². The van der Waals surface area contributed by atoms with Gasteiger partial charge in [-0.25, -0.2) is 9.59 Å². The van der Waals surface area contributed by atoms with Crippen LogP contribution in [0.5, 0.6) is 0 Å². The number of benzene rings is 1. The zero-order chi connectivity index (χ0) is 17.0. The van der Waals surface area contributed by atoms with E-state index in [0.29, 0.717) is 18.2 Å². The van der Waals surface area contributed by atoms with Crippen LogP contribution in [0.2, 0.25) is 5.02 Å². The van der Waals surface area contributed by atoms with E-state index >= 15 is 0 Å². The first kappa shape index (κ1) is 17.3. The Bertz CT molecular complexity index is 629. The van der Waals surface area contributed by atoms with E-state index in [-0.39, 0.29) is 0 Å². The molecule has 1 fully saturated rings.